The van der Waals surface area contributed by atoms with Crippen LogP contribution in [0.2, 0.25) is 0 Å². The molecule has 1 heterocycles. The second kappa shape index (κ2) is 5.00. The number of para-hydroxylation sites is 1. The molecule has 1 amide bonds. The Labute approximate surface area is 106 Å². The zero-order valence-electron chi connectivity index (χ0n) is 10.7. The van der Waals surface area contributed by atoms with Crippen LogP contribution < -0.4 is 5.01 Å². The number of carbonyl (C=O) groups is 1. The van der Waals surface area contributed by atoms with Crippen molar-refractivity contribution in [3.63, 3.8) is 0 Å². The van der Waals surface area contributed by atoms with Gasteiger partial charge in [0.05, 0.1) is 5.69 Å². The average Bonchev–Trinajstić information content (AvgIpc) is 2.79. The highest BCUT2D eigenvalue weighted by Crippen LogP contribution is 2.15. The Morgan fingerprint density at radius 3 is 2.44 bits per heavy atom. The Hall–Kier alpha value is -2.17. The van der Waals surface area contributed by atoms with Crippen molar-refractivity contribution >= 4 is 11.6 Å². The van der Waals surface area contributed by atoms with Gasteiger partial charge in [0.25, 0.3) is 0 Å². The van der Waals surface area contributed by atoms with Gasteiger partial charge in [-0.25, -0.2) is 4.98 Å². The molecule has 0 spiro atoms. The van der Waals surface area contributed by atoms with Gasteiger partial charge in [-0.05, 0) is 12.1 Å². The molecule has 0 radical (unpaired) electrons. The summed E-state index contributed by atoms with van der Waals surface area (Å²) in [6, 6.07) is 9.38. The normalized spacial score (nSPS) is 10.7. The van der Waals surface area contributed by atoms with Crippen LogP contribution in [0.1, 0.15) is 32.5 Å². The maximum atomic E-state index is 11.8. The summed E-state index contributed by atoms with van der Waals surface area (Å²) in [6.07, 6.45) is 1.56. The molecule has 0 saturated carbocycles. The van der Waals surface area contributed by atoms with Crippen molar-refractivity contribution in [2.75, 3.05) is 5.01 Å². The van der Waals surface area contributed by atoms with E-state index in [-0.39, 0.29) is 11.8 Å². The maximum Gasteiger partial charge on any atom is 0.244 e. The van der Waals surface area contributed by atoms with Gasteiger partial charge in [-0.2, -0.15) is 9.80 Å². The van der Waals surface area contributed by atoms with E-state index in [2.05, 4.69) is 10.1 Å². The molecule has 0 fully saturated rings. The van der Waals surface area contributed by atoms with Crippen molar-refractivity contribution in [2.24, 2.45) is 0 Å². The lowest BCUT2D eigenvalue weighted by molar-refractivity contribution is -0.117. The van der Waals surface area contributed by atoms with Gasteiger partial charge in [-0.1, -0.05) is 32.0 Å². The first kappa shape index (κ1) is 12.3. The lowest BCUT2D eigenvalue weighted by Gasteiger charge is -2.19. The zero-order valence-corrected chi connectivity index (χ0v) is 10.7. The molecule has 0 aliphatic rings. The molecule has 2 rings (SSSR count). The van der Waals surface area contributed by atoms with Crippen LogP contribution >= 0.6 is 0 Å². The minimum atomic E-state index is -0.110. The van der Waals surface area contributed by atoms with E-state index in [1.807, 2.05) is 44.2 Å². The highest BCUT2D eigenvalue weighted by molar-refractivity contribution is 5.90. The third-order valence-corrected chi connectivity index (χ3v) is 2.52. The van der Waals surface area contributed by atoms with Gasteiger partial charge in [0.15, 0.2) is 5.82 Å². The lowest BCUT2D eigenvalue weighted by Crippen LogP contribution is -2.34. The van der Waals surface area contributed by atoms with Crippen LogP contribution in [-0.4, -0.2) is 20.8 Å². The largest absolute Gasteiger partial charge is 0.273 e. The quantitative estimate of drug-likeness (QED) is 0.831. The van der Waals surface area contributed by atoms with Crippen molar-refractivity contribution in [3.05, 3.63) is 42.5 Å². The third-order valence-electron chi connectivity index (χ3n) is 2.52. The molecule has 0 N–H and O–H groups in total. The number of aromatic nitrogens is 3. The summed E-state index contributed by atoms with van der Waals surface area (Å²) in [5, 5.41) is 5.80. The summed E-state index contributed by atoms with van der Waals surface area (Å²) >= 11 is 0. The molecule has 1 aromatic heterocycles. The summed E-state index contributed by atoms with van der Waals surface area (Å²) in [4.78, 5) is 17.4. The molecule has 94 valence electrons. The van der Waals surface area contributed by atoms with Crippen LogP contribution in [0.25, 0.3) is 0 Å². The molecular weight excluding hydrogens is 228 g/mol. The SMILES string of the molecule is CC(=O)N(c1ccccc1)n1cnc(C(C)C)n1. The highest BCUT2D eigenvalue weighted by atomic mass is 16.2. The first-order valence-electron chi connectivity index (χ1n) is 5.87. The molecule has 5 nitrogen and oxygen atoms in total. The predicted molar refractivity (Wildman–Crippen MR) is 69.1 cm³/mol. The molecular formula is C13H16N4O. The Morgan fingerprint density at radius 1 is 1.28 bits per heavy atom. The second-order valence-electron chi connectivity index (χ2n) is 4.34. The van der Waals surface area contributed by atoms with Crippen molar-refractivity contribution in [3.8, 4) is 0 Å². The maximum absolute atomic E-state index is 11.8. The summed E-state index contributed by atoms with van der Waals surface area (Å²) in [6.45, 7) is 5.53. The fourth-order valence-electron chi connectivity index (χ4n) is 1.64. The van der Waals surface area contributed by atoms with Crippen molar-refractivity contribution in [1.82, 2.24) is 14.9 Å². The van der Waals surface area contributed by atoms with Gasteiger partial charge in [0.2, 0.25) is 5.91 Å². The highest BCUT2D eigenvalue weighted by Gasteiger charge is 2.16. The van der Waals surface area contributed by atoms with E-state index in [0.717, 1.165) is 11.5 Å². The van der Waals surface area contributed by atoms with E-state index in [1.165, 1.54) is 16.7 Å². The molecule has 0 unspecified atom stereocenters. The van der Waals surface area contributed by atoms with Crippen molar-refractivity contribution in [2.45, 2.75) is 26.7 Å². The van der Waals surface area contributed by atoms with Gasteiger partial charge < -0.3 is 0 Å². The van der Waals surface area contributed by atoms with Gasteiger partial charge in [0.1, 0.15) is 6.33 Å². The van der Waals surface area contributed by atoms with E-state index in [9.17, 15) is 4.79 Å². The number of anilines is 1. The van der Waals surface area contributed by atoms with Crippen LogP contribution in [-0.2, 0) is 4.79 Å². The van der Waals surface area contributed by atoms with Crippen molar-refractivity contribution < 1.29 is 4.79 Å². The van der Waals surface area contributed by atoms with E-state index >= 15 is 0 Å². The van der Waals surface area contributed by atoms with Crippen LogP contribution in [0.5, 0.6) is 0 Å². The number of benzene rings is 1. The number of carbonyl (C=O) groups excluding carboxylic acids is 1. The van der Waals surface area contributed by atoms with Gasteiger partial charge in [0, 0.05) is 12.8 Å². The summed E-state index contributed by atoms with van der Waals surface area (Å²) in [5.74, 6) is 0.842. The van der Waals surface area contributed by atoms with Crippen LogP contribution in [0.3, 0.4) is 0 Å². The molecule has 0 saturated heterocycles. The van der Waals surface area contributed by atoms with Crippen LogP contribution in [0, 0.1) is 0 Å². The fraction of sp³-hybridized carbons (Fsp3) is 0.308. The third kappa shape index (κ3) is 2.40. The predicted octanol–water partition coefficient (Wildman–Crippen LogP) is 2.22. The minimum Gasteiger partial charge on any atom is -0.273 e. The number of nitrogens with zero attached hydrogens (tertiary/aromatic N) is 4. The monoisotopic (exact) mass is 244 g/mol. The molecule has 18 heavy (non-hydrogen) atoms. The minimum absolute atomic E-state index is 0.110. The number of hydrogen-bond donors (Lipinski definition) is 0. The van der Waals surface area contributed by atoms with E-state index in [1.54, 1.807) is 6.33 Å². The van der Waals surface area contributed by atoms with E-state index < -0.39 is 0 Å². The molecule has 0 aliphatic carbocycles. The zero-order chi connectivity index (χ0) is 13.1. The molecule has 2 aromatic rings. The van der Waals surface area contributed by atoms with Gasteiger partial charge >= 0.3 is 0 Å². The molecule has 1 aromatic carbocycles. The molecule has 5 heteroatoms. The second-order valence-corrected chi connectivity index (χ2v) is 4.34. The van der Waals surface area contributed by atoms with E-state index in [4.69, 9.17) is 0 Å². The first-order valence-corrected chi connectivity index (χ1v) is 5.87. The Kier molecular flexibility index (Phi) is 3.41. The molecule has 0 bridgehead atoms. The lowest BCUT2D eigenvalue weighted by atomic mass is 10.2. The first-order chi connectivity index (χ1) is 8.59. The smallest absolute Gasteiger partial charge is 0.244 e. The van der Waals surface area contributed by atoms with Crippen molar-refractivity contribution in [1.29, 1.82) is 0 Å². The number of rotatable bonds is 3. The van der Waals surface area contributed by atoms with Gasteiger partial charge in [-0.15, -0.1) is 5.10 Å². The van der Waals surface area contributed by atoms with Crippen LogP contribution in [0.4, 0.5) is 5.69 Å². The average molecular weight is 244 g/mol. The topological polar surface area (TPSA) is 51.0 Å². The van der Waals surface area contributed by atoms with Gasteiger partial charge in [-0.3, -0.25) is 4.79 Å². The van der Waals surface area contributed by atoms with Crippen LogP contribution in [0.15, 0.2) is 36.7 Å². The summed E-state index contributed by atoms with van der Waals surface area (Å²) in [5.41, 5.74) is 0.769. The molecule has 0 aliphatic heterocycles. The number of hydrogen-bond acceptors (Lipinski definition) is 3. The Balaban J connectivity index is 2.39. The molecule has 0 atom stereocenters. The Morgan fingerprint density at radius 2 is 1.94 bits per heavy atom. The van der Waals surface area contributed by atoms with E-state index in [0.29, 0.717) is 0 Å². The standard InChI is InChI=1S/C13H16N4O/c1-10(2)13-14-9-16(15-13)17(11(3)18)12-7-5-4-6-8-12/h4-10H,1-3H3. The number of amides is 1. The summed E-state index contributed by atoms with van der Waals surface area (Å²) in [7, 11) is 0. The fourth-order valence-corrected chi connectivity index (χ4v) is 1.64. The summed E-state index contributed by atoms with van der Waals surface area (Å²) < 4.78 is 0. The Bertz CT molecular complexity index is 533.